The number of aryl methyl sites for hydroxylation is 1. The number of oxazole rings is 1. The van der Waals surface area contributed by atoms with Crippen molar-refractivity contribution in [2.24, 2.45) is 7.05 Å². The first-order chi connectivity index (χ1) is 13.3. The van der Waals surface area contributed by atoms with E-state index < -0.39 is 21.4 Å². The highest BCUT2D eigenvalue weighted by atomic mass is 32.2. The molecule has 4 rings (SSSR count). The zero-order valence-electron chi connectivity index (χ0n) is 14.7. The zero-order valence-corrected chi connectivity index (χ0v) is 17.1. The van der Waals surface area contributed by atoms with Crippen LogP contribution in [0.25, 0.3) is 11.1 Å². The van der Waals surface area contributed by atoms with E-state index in [0.717, 1.165) is 0 Å². The molecular weight excluding hydrogens is 420 g/mol. The SMILES string of the molecule is Cn1c(=O)oc2ccc(S(=O)(=O)NCC(O)(c3ccsc3)c3cccs3)cc21. The summed E-state index contributed by atoms with van der Waals surface area (Å²) < 4.78 is 34.5. The van der Waals surface area contributed by atoms with E-state index in [1.54, 1.807) is 23.6 Å². The summed E-state index contributed by atoms with van der Waals surface area (Å²) in [4.78, 5) is 12.2. The van der Waals surface area contributed by atoms with E-state index in [1.165, 1.54) is 52.5 Å². The highest BCUT2D eigenvalue weighted by Crippen LogP contribution is 2.34. The summed E-state index contributed by atoms with van der Waals surface area (Å²) >= 11 is 2.77. The molecule has 28 heavy (non-hydrogen) atoms. The van der Waals surface area contributed by atoms with Crippen LogP contribution in [0.5, 0.6) is 0 Å². The molecule has 146 valence electrons. The van der Waals surface area contributed by atoms with Gasteiger partial charge in [0.1, 0.15) is 5.60 Å². The van der Waals surface area contributed by atoms with Crippen molar-refractivity contribution in [2.75, 3.05) is 6.54 Å². The maximum absolute atomic E-state index is 12.8. The predicted molar refractivity (Wildman–Crippen MR) is 108 cm³/mol. The predicted octanol–water partition coefficient (Wildman–Crippen LogP) is 2.47. The molecular formula is C18H16N2O5S3. The van der Waals surface area contributed by atoms with E-state index in [1.807, 2.05) is 10.8 Å². The fraction of sp³-hybridized carbons (Fsp3) is 0.167. The van der Waals surface area contributed by atoms with Gasteiger partial charge in [0.25, 0.3) is 0 Å². The van der Waals surface area contributed by atoms with Crippen LogP contribution in [0.4, 0.5) is 0 Å². The lowest BCUT2D eigenvalue weighted by Crippen LogP contribution is -2.40. The summed E-state index contributed by atoms with van der Waals surface area (Å²) in [6.45, 7) is -0.227. The standard InChI is InChI=1S/C18H16N2O5S3/c1-20-14-9-13(4-5-15(14)25-17(20)21)28(23,24)19-11-18(22,12-6-8-26-10-12)16-3-2-7-27-16/h2-10,19,22H,11H2,1H3. The highest BCUT2D eigenvalue weighted by Gasteiger charge is 2.35. The van der Waals surface area contributed by atoms with Crippen LogP contribution < -0.4 is 10.5 Å². The van der Waals surface area contributed by atoms with E-state index in [0.29, 0.717) is 21.5 Å². The number of aromatic nitrogens is 1. The molecule has 3 aromatic heterocycles. The first-order valence-corrected chi connectivity index (χ1v) is 11.5. The van der Waals surface area contributed by atoms with Gasteiger partial charge in [0.05, 0.1) is 10.4 Å². The second-order valence-corrected chi connectivity index (χ2v) is 9.73. The number of aliphatic hydroxyl groups is 1. The number of fused-ring (bicyclic) bond motifs is 1. The number of rotatable bonds is 6. The molecule has 7 nitrogen and oxygen atoms in total. The Morgan fingerprint density at radius 1 is 1.25 bits per heavy atom. The van der Waals surface area contributed by atoms with E-state index in [-0.39, 0.29) is 11.4 Å². The quantitative estimate of drug-likeness (QED) is 0.484. The molecule has 1 atom stereocenters. The van der Waals surface area contributed by atoms with E-state index in [2.05, 4.69) is 4.72 Å². The number of nitrogens with zero attached hydrogens (tertiary/aromatic N) is 1. The van der Waals surface area contributed by atoms with Gasteiger partial charge in [-0.2, -0.15) is 11.3 Å². The summed E-state index contributed by atoms with van der Waals surface area (Å²) in [5.74, 6) is -0.568. The van der Waals surface area contributed by atoms with Crippen molar-refractivity contribution in [3.05, 3.63) is 73.5 Å². The molecule has 0 radical (unpaired) electrons. The zero-order chi connectivity index (χ0) is 19.9. The molecule has 0 aliphatic heterocycles. The number of benzene rings is 1. The molecule has 0 aliphatic rings. The Hall–Kier alpha value is -2.24. The van der Waals surface area contributed by atoms with Gasteiger partial charge >= 0.3 is 5.76 Å². The van der Waals surface area contributed by atoms with Crippen LogP contribution in [0.3, 0.4) is 0 Å². The third kappa shape index (κ3) is 3.23. The highest BCUT2D eigenvalue weighted by molar-refractivity contribution is 7.89. The smallest absolute Gasteiger partial charge is 0.408 e. The second-order valence-electron chi connectivity index (χ2n) is 6.23. The Morgan fingerprint density at radius 2 is 2.07 bits per heavy atom. The van der Waals surface area contributed by atoms with Gasteiger partial charge in [0.15, 0.2) is 5.58 Å². The van der Waals surface area contributed by atoms with Crippen LogP contribution in [0.1, 0.15) is 10.4 Å². The van der Waals surface area contributed by atoms with Gasteiger partial charge in [-0.05, 0) is 46.5 Å². The largest absolute Gasteiger partial charge is 0.419 e. The second kappa shape index (κ2) is 6.98. The number of nitrogens with one attached hydrogen (secondary N) is 1. The lowest BCUT2D eigenvalue weighted by atomic mass is 9.95. The fourth-order valence-corrected chi connectivity index (χ4v) is 5.55. The Labute approximate surface area is 168 Å². The van der Waals surface area contributed by atoms with Crippen molar-refractivity contribution in [3.8, 4) is 0 Å². The Kier molecular flexibility index (Phi) is 4.76. The van der Waals surface area contributed by atoms with E-state index >= 15 is 0 Å². The molecule has 1 unspecified atom stereocenters. The molecule has 0 spiro atoms. The van der Waals surface area contributed by atoms with Gasteiger partial charge in [0, 0.05) is 24.0 Å². The van der Waals surface area contributed by atoms with Crippen molar-refractivity contribution < 1.29 is 17.9 Å². The van der Waals surface area contributed by atoms with E-state index in [4.69, 9.17) is 4.42 Å². The Bertz CT molecular complexity index is 1230. The van der Waals surface area contributed by atoms with Gasteiger partial charge < -0.3 is 9.52 Å². The molecule has 10 heteroatoms. The number of hydrogen-bond donors (Lipinski definition) is 2. The van der Waals surface area contributed by atoms with Crippen molar-refractivity contribution in [1.82, 2.24) is 9.29 Å². The molecule has 1 aromatic carbocycles. The lowest BCUT2D eigenvalue weighted by Gasteiger charge is -2.26. The van der Waals surface area contributed by atoms with Gasteiger partial charge in [-0.1, -0.05) is 6.07 Å². The molecule has 0 amide bonds. The third-order valence-electron chi connectivity index (χ3n) is 4.52. The fourth-order valence-electron chi connectivity index (χ4n) is 2.90. The maximum atomic E-state index is 12.8. The minimum atomic E-state index is -3.93. The van der Waals surface area contributed by atoms with Crippen molar-refractivity contribution in [1.29, 1.82) is 0 Å². The first kappa shape index (κ1) is 19.1. The number of thiophene rings is 2. The van der Waals surface area contributed by atoms with Crippen LogP contribution in [0.15, 0.2) is 66.6 Å². The molecule has 4 aromatic rings. The van der Waals surface area contributed by atoms with Gasteiger partial charge in [0.2, 0.25) is 10.0 Å². The molecule has 0 saturated carbocycles. The summed E-state index contributed by atoms with van der Waals surface area (Å²) in [5, 5.41) is 16.7. The maximum Gasteiger partial charge on any atom is 0.419 e. The van der Waals surface area contributed by atoms with Gasteiger partial charge in [-0.25, -0.2) is 17.9 Å². The number of sulfonamides is 1. The summed E-state index contributed by atoms with van der Waals surface area (Å²) in [7, 11) is -2.43. The van der Waals surface area contributed by atoms with Gasteiger partial charge in [-0.15, -0.1) is 11.3 Å². The third-order valence-corrected chi connectivity index (χ3v) is 7.62. The Balaban J connectivity index is 1.67. The molecule has 0 fully saturated rings. The Morgan fingerprint density at radius 3 is 2.75 bits per heavy atom. The summed E-state index contributed by atoms with van der Waals surface area (Å²) in [5.41, 5.74) is -0.178. The average molecular weight is 437 g/mol. The van der Waals surface area contributed by atoms with Crippen LogP contribution >= 0.6 is 22.7 Å². The minimum absolute atomic E-state index is 0.0183. The number of hydrogen-bond acceptors (Lipinski definition) is 7. The first-order valence-electron chi connectivity index (χ1n) is 8.19. The monoisotopic (exact) mass is 436 g/mol. The van der Waals surface area contributed by atoms with Crippen LogP contribution in [0, 0.1) is 0 Å². The summed E-state index contributed by atoms with van der Waals surface area (Å²) in [6.07, 6.45) is 0. The van der Waals surface area contributed by atoms with E-state index in [9.17, 15) is 18.3 Å². The van der Waals surface area contributed by atoms with Crippen molar-refractivity contribution in [2.45, 2.75) is 10.5 Å². The van der Waals surface area contributed by atoms with Crippen molar-refractivity contribution in [3.63, 3.8) is 0 Å². The normalized spacial score (nSPS) is 14.4. The topological polar surface area (TPSA) is 102 Å². The van der Waals surface area contributed by atoms with Crippen LogP contribution in [0.2, 0.25) is 0 Å². The molecule has 2 N–H and O–H groups in total. The van der Waals surface area contributed by atoms with Crippen LogP contribution in [-0.4, -0.2) is 24.6 Å². The minimum Gasteiger partial charge on any atom is -0.408 e. The van der Waals surface area contributed by atoms with Gasteiger partial charge in [-0.3, -0.25) is 4.57 Å². The lowest BCUT2D eigenvalue weighted by molar-refractivity contribution is 0.0903. The van der Waals surface area contributed by atoms with Crippen LogP contribution in [-0.2, 0) is 22.7 Å². The molecule has 0 aliphatic carbocycles. The summed E-state index contributed by atoms with van der Waals surface area (Å²) in [6, 6.07) is 9.52. The molecule has 0 bridgehead atoms. The molecule has 3 heterocycles. The van der Waals surface area contributed by atoms with Crippen molar-refractivity contribution >= 4 is 43.8 Å². The average Bonchev–Trinajstić information content (AvgIpc) is 3.43. The molecule has 0 saturated heterocycles.